The molecule has 1 aromatic heterocycles. The molecule has 0 spiro atoms. The standard InChI is InChI=1S/C13H19F3N4O3/c1-9-17-10(20(22)23)5-18(9)6-11(21)19(7-12(2,3)4)8-13(14,15)16/h5H,6-8H2,1-4H3. The highest BCUT2D eigenvalue weighted by molar-refractivity contribution is 5.76. The molecule has 1 amide bonds. The van der Waals surface area contributed by atoms with E-state index in [1.165, 1.54) is 11.5 Å². The van der Waals surface area contributed by atoms with Crippen molar-refractivity contribution in [3.8, 4) is 0 Å². The van der Waals surface area contributed by atoms with Crippen molar-refractivity contribution < 1.29 is 22.9 Å². The van der Waals surface area contributed by atoms with Crippen molar-refractivity contribution in [2.45, 2.75) is 40.4 Å². The second-order valence-corrected chi connectivity index (χ2v) is 6.46. The summed E-state index contributed by atoms with van der Waals surface area (Å²) in [5.41, 5.74) is -0.517. The molecule has 0 atom stereocenters. The summed E-state index contributed by atoms with van der Waals surface area (Å²) in [6, 6.07) is 0. The molecule has 0 unspecified atom stereocenters. The van der Waals surface area contributed by atoms with Gasteiger partial charge in [0, 0.05) is 13.5 Å². The highest BCUT2D eigenvalue weighted by Gasteiger charge is 2.35. The van der Waals surface area contributed by atoms with Gasteiger partial charge in [-0.3, -0.25) is 9.36 Å². The van der Waals surface area contributed by atoms with Crippen LogP contribution in [0, 0.1) is 22.5 Å². The minimum Gasteiger partial charge on any atom is -0.358 e. The van der Waals surface area contributed by atoms with Crippen LogP contribution in [-0.4, -0.2) is 44.5 Å². The highest BCUT2D eigenvalue weighted by atomic mass is 19.4. The van der Waals surface area contributed by atoms with Crippen molar-refractivity contribution in [2.24, 2.45) is 5.41 Å². The van der Waals surface area contributed by atoms with Crippen LogP contribution in [0.25, 0.3) is 0 Å². The molecule has 130 valence electrons. The molecule has 10 heteroatoms. The molecule has 1 heterocycles. The Kier molecular flexibility index (Phi) is 5.39. The number of imidazole rings is 1. The first kappa shape index (κ1) is 18.9. The summed E-state index contributed by atoms with van der Waals surface area (Å²) in [5, 5.41) is 10.6. The number of hydrogen-bond donors (Lipinski definition) is 0. The summed E-state index contributed by atoms with van der Waals surface area (Å²) in [6.45, 7) is 4.72. The van der Waals surface area contributed by atoms with E-state index in [4.69, 9.17) is 0 Å². The monoisotopic (exact) mass is 336 g/mol. The molecule has 0 aliphatic rings. The van der Waals surface area contributed by atoms with Crippen LogP contribution < -0.4 is 0 Å². The molecule has 0 aliphatic heterocycles. The van der Waals surface area contributed by atoms with Crippen molar-refractivity contribution >= 4 is 11.7 Å². The van der Waals surface area contributed by atoms with E-state index in [0.29, 0.717) is 4.90 Å². The van der Waals surface area contributed by atoms with Crippen molar-refractivity contribution in [3.05, 3.63) is 22.1 Å². The molecule has 0 aromatic carbocycles. The van der Waals surface area contributed by atoms with Crippen molar-refractivity contribution in [3.63, 3.8) is 0 Å². The van der Waals surface area contributed by atoms with E-state index in [1.807, 2.05) is 0 Å². The van der Waals surface area contributed by atoms with Crippen LogP contribution in [0.4, 0.5) is 19.0 Å². The first-order valence-electron chi connectivity index (χ1n) is 6.81. The number of aromatic nitrogens is 2. The van der Waals surface area contributed by atoms with Crippen LogP contribution in [0.1, 0.15) is 26.6 Å². The third kappa shape index (κ3) is 6.25. The van der Waals surface area contributed by atoms with Gasteiger partial charge in [0.2, 0.25) is 11.7 Å². The van der Waals surface area contributed by atoms with Gasteiger partial charge >= 0.3 is 12.0 Å². The van der Waals surface area contributed by atoms with E-state index in [0.717, 1.165) is 6.20 Å². The Morgan fingerprint density at radius 1 is 1.35 bits per heavy atom. The maximum Gasteiger partial charge on any atom is 0.406 e. The molecule has 0 bridgehead atoms. The van der Waals surface area contributed by atoms with Gasteiger partial charge < -0.3 is 15.0 Å². The molecule has 0 saturated carbocycles. The zero-order chi connectivity index (χ0) is 18.0. The summed E-state index contributed by atoms with van der Waals surface area (Å²) in [7, 11) is 0. The van der Waals surface area contributed by atoms with Crippen molar-refractivity contribution in [2.75, 3.05) is 13.1 Å². The molecule has 0 N–H and O–H groups in total. The number of aryl methyl sites for hydroxylation is 1. The fourth-order valence-electron chi connectivity index (χ4n) is 2.01. The van der Waals surface area contributed by atoms with Crippen molar-refractivity contribution in [1.29, 1.82) is 0 Å². The predicted octanol–water partition coefficient (Wildman–Crippen LogP) is 2.54. The Morgan fingerprint density at radius 2 is 1.91 bits per heavy atom. The highest BCUT2D eigenvalue weighted by Crippen LogP contribution is 2.22. The van der Waals surface area contributed by atoms with Crippen LogP contribution in [0.2, 0.25) is 0 Å². The SMILES string of the molecule is Cc1nc([N+](=O)[O-])cn1CC(=O)N(CC(C)(C)C)CC(F)(F)F. The topological polar surface area (TPSA) is 81.3 Å². The third-order valence-electron chi connectivity index (χ3n) is 2.84. The second kappa shape index (κ2) is 6.55. The van der Waals surface area contributed by atoms with E-state index in [9.17, 15) is 28.1 Å². The second-order valence-electron chi connectivity index (χ2n) is 6.46. The maximum atomic E-state index is 12.7. The zero-order valence-corrected chi connectivity index (χ0v) is 13.3. The number of carbonyl (C=O) groups excluding carboxylic acids is 1. The molecule has 0 fully saturated rings. The van der Waals surface area contributed by atoms with Crippen LogP contribution in [-0.2, 0) is 11.3 Å². The molecule has 0 saturated heterocycles. The maximum absolute atomic E-state index is 12.7. The Morgan fingerprint density at radius 3 is 2.30 bits per heavy atom. The van der Waals surface area contributed by atoms with Crippen LogP contribution in [0.3, 0.4) is 0 Å². The summed E-state index contributed by atoms with van der Waals surface area (Å²) >= 11 is 0. The minimum atomic E-state index is -4.52. The Hall–Kier alpha value is -2.13. The smallest absolute Gasteiger partial charge is 0.358 e. The summed E-state index contributed by atoms with van der Waals surface area (Å²) in [6.07, 6.45) is -3.48. The summed E-state index contributed by atoms with van der Waals surface area (Å²) in [5.74, 6) is -1.03. The van der Waals surface area contributed by atoms with Gasteiger partial charge in [-0.05, 0) is 15.3 Å². The summed E-state index contributed by atoms with van der Waals surface area (Å²) < 4.78 is 39.2. The average molecular weight is 336 g/mol. The number of rotatable bonds is 5. The number of hydrogen-bond acceptors (Lipinski definition) is 4. The first-order valence-corrected chi connectivity index (χ1v) is 6.81. The van der Waals surface area contributed by atoms with Gasteiger partial charge in [0.05, 0.1) is 0 Å². The van der Waals surface area contributed by atoms with E-state index < -0.39 is 41.3 Å². The zero-order valence-electron chi connectivity index (χ0n) is 13.3. The predicted molar refractivity (Wildman–Crippen MR) is 75.7 cm³/mol. The lowest BCUT2D eigenvalue weighted by atomic mass is 9.96. The molecule has 0 aliphatic carbocycles. The third-order valence-corrected chi connectivity index (χ3v) is 2.84. The van der Waals surface area contributed by atoms with Gasteiger partial charge in [0.1, 0.15) is 19.3 Å². The van der Waals surface area contributed by atoms with Gasteiger partial charge in [0.15, 0.2) is 0 Å². The number of amides is 1. The van der Waals surface area contributed by atoms with Gasteiger partial charge in [-0.1, -0.05) is 20.8 Å². The average Bonchev–Trinajstić information content (AvgIpc) is 2.66. The lowest BCUT2D eigenvalue weighted by molar-refractivity contribution is -0.389. The lowest BCUT2D eigenvalue weighted by Crippen LogP contribution is -2.44. The molecule has 7 nitrogen and oxygen atoms in total. The van der Waals surface area contributed by atoms with E-state index in [2.05, 4.69) is 4.98 Å². The van der Waals surface area contributed by atoms with Gasteiger partial charge in [-0.2, -0.15) is 13.2 Å². The summed E-state index contributed by atoms with van der Waals surface area (Å²) in [4.78, 5) is 26.5. The normalized spacial score (nSPS) is 12.3. The number of nitro groups is 1. The van der Waals surface area contributed by atoms with Crippen LogP contribution >= 0.6 is 0 Å². The molecular weight excluding hydrogens is 317 g/mol. The Labute approximate surface area is 131 Å². The quantitative estimate of drug-likeness (QED) is 0.611. The van der Waals surface area contributed by atoms with Crippen LogP contribution in [0.15, 0.2) is 6.20 Å². The van der Waals surface area contributed by atoms with Gasteiger partial charge in [-0.25, -0.2) is 0 Å². The molecule has 23 heavy (non-hydrogen) atoms. The number of carbonyl (C=O) groups is 1. The fraction of sp³-hybridized carbons (Fsp3) is 0.692. The largest absolute Gasteiger partial charge is 0.406 e. The Balaban J connectivity index is 2.94. The van der Waals surface area contributed by atoms with E-state index in [-0.39, 0.29) is 12.4 Å². The minimum absolute atomic E-state index is 0.0822. The molecular formula is C13H19F3N4O3. The molecule has 1 rings (SSSR count). The molecule has 0 radical (unpaired) electrons. The number of alkyl halides is 3. The Bertz CT molecular complexity index is 574. The molecule has 1 aromatic rings. The lowest BCUT2D eigenvalue weighted by Gasteiger charge is -2.30. The number of halogens is 3. The van der Waals surface area contributed by atoms with E-state index >= 15 is 0 Å². The van der Waals surface area contributed by atoms with Gasteiger partial charge in [0.25, 0.3) is 0 Å². The van der Waals surface area contributed by atoms with Crippen LogP contribution in [0.5, 0.6) is 0 Å². The van der Waals surface area contributed by atoms with Gasteiger partial charge in [-0.15, -0.1) is 0 Å². The fourth-order valence-corrected chi connectivity index (χ4v) is 2.01. The first-order chi connectivity index (χ1) is 10.3. The number of nitrogens with zero attached hydrogens (tertiary/aromatic N) is 4. The van der Waals surface area contributed by atoms with Crippen molar-refractivity contribution in [1.82, 2.24) is 14.5 Å². The van der Waals surface area contributed by atoms with E-state index in [1.54, 1.807) is 20.8 Å².